The van der Waals surface area contributed by atoms with Crippen molar-refractivity contribution in [2.45, 2.75) is 11.4 Å². The predicted octanol–water partition coefficient (Wildman–Crippen LogP) is 3.77. The third-order valence-corrected chi connectivity index (χ3v) is 5.22. The SMILES string of the molecule is O=S(=O)(Nc1ccn(Cc2ccc(Br)cc2)n1)c1ccc(F)c(F)c1. The van der Waals surface area contributed by atoms with Crippen molar-refractivity contribution in [2.75, 3.05) is 4.72 Å². The fourth-order valence-corrected chi connectivity index (χ4v) is 3.39. The van der Waals surface area contributed by atoms with Gasteiger partial charge in [0.05, 0.1) is 11.4 Å². The molecule has 9 heteroatoms. The molecule has 2 aromatic carbocycles. The smallest absolute Gasteiger partial charge is 0.263 e. The Bertz CT molecular complexity index is 1000. The molecule has 0 fully saturated rings. The second-order valence-corrected chi connectivity index (χ2v) is 7.80. The first-order valence-corrected chi connectivity index (χ1v) is 9.37. The number of nitrogens with one attached hydrogen (secondary N) is 1. The summed E-state index contributed by atoms with van der Waals surface area (Å²) in [6, 6.07) is 11.5. The quantitative estimate of drug-likeness (QED) is 0.673. The summed E-state index contributed by atoms with van der Waals surface area (Å²) < 4.78 is 55.4. The maximum absolute atomic E-state index is 13.2. The van der Waals surface area contributed by atoms with Crippen LogP contribution in [0.1, 0.15) is 5.56 Å². The molecule has 1 heterocycles. The van der Waals surface area contributed by atoms with Crippen LogP contribution >= 0.6 is 15.9 Å². The van der Waals surface area contributed by atoms with Crippen LogP contribution in [-0.4, -0.2) is 18.2 Å². The Morgan fingerprint density at radius 2 is 1.76 bits per heavy atom. The summed E-state index contributed by atoms with van der Waals surface area (Å²) in [7, 11) is -4.06. The van der Waals surface area contributed by atoms with E-state index in [1.807, 2.05) is 24.3 Å². The number of aromatic nitrogens is 2. The number of benzene rings is 2. The van der Waals surface area contributed by atoms with Gasteiger partial charge < -0.3 is 0 Å². The Hall–Kier alpha value is -2.26. The molecule has 0 aliphatic heterocycles. The van der Waals surface area contributed by atoms with Crippen LogP contribution < -0.4 is 4.72 Å². The van der Waals surface area contributed by atoms with Crippen molar-refractivity contribution >= 4 is 31.8 Å². The van der Waals surface area contributed by atoms with E-state index < -0.39 is 21.7 Å². The average Bonchev–Trinajstić information content (AvgIpc) is 2.98. The summed E-state index contributed by atoms with van der Waals surface area (Å²) in [6.07, 6.45) is 1.62. The number of sulfonamides is 1. The Morgan fingerprint density at radius 3 is 2.44 bits per heavy atom. The molecule has 0 amide bonds. The van der Waals surface area contributed by atoms with E-state index in [1.165, 1.54) is 6.07 Å². The van der Waals surface area contributed by atoms with E-state index in [0.717, 1.165) is 22.2 Å². The minimum atomic E-state index is -4.06. The van der Waals surface area contributed by atoms with Gasteiger partial charge in [-0.25, -0.2) is 17.2 Å². The molecular formula is C16H12BrF2N3O2S. The summed E-state index contributed by atoms with van der Waals surface area (Å²) in [5, 5.41) is 4.13. The zero-order chi connectivity index (χ0) is 18.0. The number of anilines is 1. The molecule has 5 nitrogen and oxygen atoms in total. The molecule has 0 unspecified atom stereocenters. The highest BCUT2D eigenvalue weighted by Gasteiger charge is 2.17. The lowest BCUT2D eigenvalue weighted by Crippen LogP contribution is -2.14. The summed E-state index contributed by atoms with van der Waals surface area (Å²) in [6.45, 7) is 0.459. The van der Waals surface area contributed by atoms with Gasteiger partial charge in [0.25, 0.3) is 10.0 Å². The molecule has 0 saturated heterocycles. The monoisotopic (exact) mass is 427 g/mol. The Balaban J connectivity index is 1.75. The van der Waals surface area contributed by atoms with Gasteiger partial charge >= 0.3 is 0 Å². The summed E-state index contributed by atoms with van der Waals surface area (Å²) >= 11 is 3.35. The molecule has 130 valence electrons. The molecule has 1 N–H and O–H groups in total. The molecule has 0 saturated carbocycles. The van der Waals surface area contributed by atoms with E-state index in [2.05, 4.69) is 25.8 Å². The van der Waals surface area contributed by atoms with E-state index in [1.54, 1.807) is 10.9 Å². The summed E-state index contributed by atoms with van der Waals surface area (Å²) in [4.78, 5) is -0.381. The third kappa shape index (κ3) is 4.23. The maximum Gasteiger partial charge on any atom is 0.263 e. The van der Waals surface area contributed by atoms with E-state index >= 15 is 0 Å². The van der Waals surface area contributed by atoms with Gasteiger partial charge in [-0.15, -0.1) is 0 Å². The van der Waals surface area contributed by atoms with Gasteiger partial charge in [0.15, 0.2) is 17.5 Å². The number of hydrogen-bond acceptors (Lipinski definition) is 3. The van der Waals surface area contributed by atoms with Crippen LogP contribution in [0.25, 0.3) is 0 Å². The van der Waals surface area contributed by atoms with Crippen LogP contribution in [0.3, 0.4) is 0 Å². The van der Waals surface area contributed by atoms with E-state index in [4.69, 9.17) is 0 Å². The maximum atomic E-state index is 13.2. The topological polar surface area (TPSA) is 64.0 Å². The highest BCUT2D eigenvalue weighted by molar-refractivity contribution is 9.10. The van der Waals surface area contributed by atoms with Crippen LogP contribution in [0.5, 0.6) is 0 Å². The highest BCUT2D eigenvalue weighted by atomic mass is 79.9. The second kappa shape index (κ2) is 6.93. The van der Waals surface area contributed by atoms with Gasteiger partial charge in [0.1, 0.15) is 0 Å². The van der Waals surface area contributed by atoms with Gasteiger partial charge in [-0.1, -0.05) is 28.1 Å². The Morgan fingerprint density at radius 1 is 1.04 bits per heavy atom. The zero-order valence-corrected chi connectivity index (χ0v) is 15.1. The van der Waals surface area contributed by atoms with Gasteiger partial charge in [0.2, 0.25) is 0 Å². The first-order chi connectivity index (χ1) is 11.8. The highest BCUT2D eigenvalue weighted by Crippen LogP contribution is 2.18. The van der Waals surface area contributed by atoms with Crippen molar-refractivity contribution in [3.8, 4) is 0 Å². The van der Waals surface area contributed by atoms with Crippen molar-refractivity contribution in [2.24, 2.45) is 0 Å². The van der Waals surface area contributed by atoms with Crippen LogP contribution in [0.15, 0.2) is 64.1 Å². The summed E-state index contributed by atoms with van der Waals surface area (Å²) in [5.74, 6) is -2.26. The number of nitrogens with zero attached hydrogens (tertiary/aromatic N) is 2. The lowest BCUT2D eigenvalue weighted by molar-refractivity contribution is 0.504. The molecule has 0 radical (unpaired) electrons. The van der Waals surface area contributed by atoms with Gasteiger partial charge in [-0.05, 0) is 35.9 Å². The number of halogens is 3. The fraction of sp³-hybridized carbons (Fsp3) is 0.0625. The van der Waals surface area contributed by atoms with Crippen molar-refractivity contribution < 1.29 is 17.2 Å². The lowest BCUT2D eigenvalue weighted by atomic mass is 10.2. The van der Waals surface area contributed by atoms with Crippen LogP contribution in [0.4, 0.5) is 14.6 Å². The zero-order valence-electron chi connectivity index (χ0n) is 12.7. The molecule has 0 aliphatic rings. The molecule has 3 rings (SSSR count). The molecule has 0 atom stereocenters. The molecule has 0 aliphatic carbocycles. The lowest BCUT2D eigenvalue weighted by Gasteiger charge is -2.06. The van der Waals surface area contributed by atoms with E-state index in [0.29, 0.717) is 12.6 Å². The van der Waals surface area contributed by atoms with E-state index in [-0.39, 0.29) is 10.7 Å². The summed E-state index contributed by atoms with van der Waals surface area (Å²) in [5.41, 5.74) is 0.987. The molecule has 0 bridgehead atoms. The van der Waals surface area contributed by atoms with Gasteiger partial charge in [0, 0.05) is 16.7 Å². The molecular weight excluding hydrogens is 416 g/mol. The van der Waals surface area contributed by atoms with Crippen molar-refractivity contribution in [3.63, 3.8) is 0 Å². The van der Waals surface area contributed by atoms with E-state index in [9.17, 15) is 17.2 Å². The van der Waals surface area contributed by atoms with Gasteiger partial charge in [-0.2, -0.15) is 5.10 Å². The largest absolute Gasteiger partial charge is 0.266 e. The molecule has 0 spiro atoms. The molecule has 3 aromatic rings. The first kappa shape index (κ1) is 17.6. The Labute approximate surface area is 151 Å². The standard InChI is InChI=1S/C16H12BrF2N3O2S/c17-12-3-1-11(2-4-12)10-22-8-7-16(20-22)21-25(23,24)13-5-6-14(18)15(19)9-13/h1-9H,10H2,(H,20,21). The van der Waals surface area contributed by atoms with Crippen molar-refractivity contribution in [1.82, 2.24) is 9.78 Å². The fourth-order valence-electron chi connectivity index (χ4n) is 2.12. The van der Waals surface area contributed by atoms with Gasteiger partial charge in [-0.3, -0.25) is 9.40 Å². The van der Waals surface area contributed by atoms with Crippen LogP contribution in [0.2, 0.25) is 0 Å². The molecule has 1 aromatic heterocycles. The van der Waals surface area contributed by atoms with Crippen molar-refractivity contribution in [3.05, 3.63) is 76.4 Å². The number of rotatable bonds is 5. The average molecular weight is 428 g/mol. The first-order valence-electron chi connectivity index (χ1n) is 7.09. The Kier molecular flexibility index (Phi) is 4.87. The van der Waals surface area contributed by atoms with Crippen LogP contribution in [-0.2, 0) is 16.6 Å². The van der Waals surface area contributed by atoms with Crippen molar-refractivity contribution in [1.29, 1.82) is 0 Å². The third-order valence-electron chi connectivity index (χ3n) is 3.34. The second-order valence-electron chi connectivity index (χ2n) is 5.21. The molecule has 25 heavy (non-hydrogen) atoms. The minimum Gasteiger partial charge on any atom is -0.266 e. The van der Waals surface area contributed by atoms with Crippen LogP contribution in [0, 0.1) is 11.6 Å². The normalized spacial score (nSPS) is 11.5. The predicted molar refractivity (Wildman–Crippen MR) is 92.6 cm³/mol. The minimum absolute atomic E-state index is 0.0850. The number of hydrogen-bond donors (Lipinski definition) is 1.